The highest BCUT2D eigenvalue weighted by molar-refractivity contribution is 7.91. The van der Waals surface area contributed by atoms with E-state index in [9.17, 15) is 36.9 Å². The molecular weight excluding hydrogens is 674 g/mol. The van der Waals surface area contributed by atoms with Gasteiger partial charge in [-0.2, -0.15) is 0 Å². The zero-order valence-corrected chi connectivity index (χ0v) is 31.9. The first-order valence-electron chi connectivity index (χ1n) is 15.1. The molecule has 1 saturated heterocycles. The molecule has 1 aromatic carbocycles. The van der Waals surface area contributed by atoms with Crippen molar-refractivity contribution >= 4 is 43.7 Å². The molecule has 0 bridgehead atoms. The van der Waals surface area contributed by atoms with Gasteiger partial charge in [0.1, 0.15) is 22.0 Å². The van der Waals surface area contributed by atoms with E-state index in [1.165, 1.54) is 32.5 Å². The van der Waals surface area contributed by atoms with E-state index < -0.39 is 50.3 Å². The van der Waals surface area contributed by atoms with Gasteiger partial charge in [-0.15, -0.1) is 12.4 Å². The largest absolute Gasteiger partial charge is 0.469 e. The predicted octanol–water partition coefficient (Wildman–Crippen LogP) is 2.88. The van der Waals surface area contributed by atoms with Crippen molar-refractivity contribution in [3.8, 4) is 0 Å². The van der Waals surface area contributed by atoms with Crippen molar-refractivity contribution in [2.45, 2.75) is 103 Å². The van der Waals surface area contributed by atoms with Crippen LogP contribution < -0.4 is 16.0 Å². The van der Waals surface area contributed by atoms with E-state index >= 15 is 0 Å². The number of sulfone groups is 2. The van der Waals surface area contributed by atoms with Gasteiger partial charge in [-0.3, -0.25) is 4.79 Å². The summed E-state index contributed by atoms with van der Waals surface area (Å²) in [4.78, 5) is 10.9. The van der Waals surface area contributed by atoms with Crippen LogP contribution in [0.2, 0.25) is 0 Å². The fourth-order valence-corrected chi connectivity index (χ4v) is 4.33. The third kappa shape index (κ3) is 27.0. The fraction of sp³-hybridized carbons (Fsp3) is 0.774. The van der Waals surface area contributed by atoms with E-state index in [-0.39, 0.29) is 37.5 Å². The summed E-state index contributed by atoms with van der Waals surface area (Å²) in [5, 5.41) is 36.8. The van der Waals surface area contributed by atoms with Gasteiger partial charge in [0.05, 0.1) is 35.8 Å². The monoisotopic (exact) mass is 739 g/mol. The molecule has 2 rings (SSSR count). The number of halogens is 1. The zero-order valence-electron chi connectivity index (χ0n) is 29.4. The van der Waals surface area contributed by atoms with Crippen LogP contribution in [0, 0.1) is 5.92 Å². The number of likely N-dealkylation sites (N-methyl/N-ethyl adjacent to an activating group) is 1. The van der Waals surface area contributed by atoms with Gasteiger partial charge in [0.2, 0.25) is 0 Å². The van der Waals surface area contributed by atoms with Gasteiger partial charge >= 0.3 is 5.97 Å². The van der Waals surface area contributed by atoms with Crippen LogP contribution in [0.25, 0.3) is 0 Å². The maximum atomic E-state index is 11.0. The molecule has 16 heteroatoms. The quantitative estimate of drug-likeness (QED) is 0.192. The summed E-state index contributed by atoms with van der Waals surface area (Å²) in [5.74, 6) is 0.163. The maximum absolute atomic E-state index is 11.0. The molecular formula is C31H66ClN3O10S2. The molecule has 0 aliphatic carbocycles. The summed E-state index contributed by atoms with van der Waals surface area (Å²) in [7, 11) is 0.718. The average molecular weight is 740 g/mol. The Morgan fingerprint density at radius 3 is 1.68 bits per heavy atom. The highest BCUT2D eigenvalue weighted by Gasteiger charge is 2.42. The van der Waals surface area contributed by atoms with E-state index in [0.717, 1.165) is 12.1 Å². The summed E-state index contributed by atoms with van der Waals surface area (Å²) in [5.41, 5.74) is 0.905. The van der Waals surface area contributed by atoms with E-state index in [0.29, 0.717) is 17.9 Å². The standard InChI is InChI=1S/C8H17NO4.C8H11NO2S.C6H12O2.C4H11NO2S.C4H10.CH4.ClH/c1-3-4-6(10)7(11)5(9-2)8(12)13-4;1-9-7-3-5-8(6-4-7)12(2,10)11;1-4-5(2)6(7)8-3;1-5-3-4-8(2,6)7;1-3-4-2;;/h4-12H,3H2,1-2H3;3-6,9H,1-2H3;5H,4H2,1-3H3;5H,3-4H2,1-2H3;3-4H2,1-2H3;1H4;1H. The second-order valence-corrected chi connectivity index (χ2v) is 14.7. The molecule has 0 aromatic heterocycles. The minimum Gasteiger partial charge on any atom is -0.469 e. The van der Waals surface area contributed by atoms with Crippen LogP contribution in [-0.4, -0.2) is 122 Å². The Morgan fingerprint density at radius 1 is 0.936 bits per heavy atom. The first-order chi connectivity index (χ1) is 20.8. The number of unbranched alkanes of at least 4 members (excludes halogenated alkanes) is 1. The third-order valence-corrected chi connectivity index (χ3v) is 8.54. The van der Waals surface area contributed by atoms with E-state index in [4.69, 9.17) is 4.74 Å². The van der Waals surface area contributed by atoms with Crippen molar-refractivity contribution in [1.82, 2.24) is 10.6 Å². The Morgan fingerprint density at radius 2 is 1.43 bits per heavy atom. The minimum absolute atomic E-state index is 0. The molecule has 13 nitrogen and oxygen atoms in total. The summed E-state index contributed by atoms with van der Waals surface area (Å²) < 4.78 is 52.3. The zero-order chi connectivity index (χ0) is 35.8. The normalized spacial score (nSPS) is 20.5. The molecule has 47 heavy (non-hydrogen) atoms. The second-order valence-electron chi connectivity index (χ2n) is 10.4. The summed E-state index contributed by atoms with van der Waals surface area (Å²) >= 11 is 0. The van der Waals surface area contributed by atoms with Crippen LogP contribution in [0.3, 0.4) is 0 Å². The highest BCUT2D eigenvalue weighted by Crippen LogP contribution is 2.21. The Labute approximate surface area is 291 Å². The van der Waals surface area contributed by atoms with Crippen LogP contribution >= 0.6 is 12.4 Å². The topological polar surface area (TPSA) is 201 Å². The van der Waals surface area contributed by atoms with E-state index in [1.54, 1.807) is 45.4 Å². The molecule has 1 aliphatic heterocycles. The summed E-state index contributed by atoms with van der Waals surface area (Å²) in [6.07, 6.45) is 3.00. The van der Waals surface area contributed by atoms with Crippen molar-refractivity contribution in [1.29, 1.82) is 0 Å². The molecule has 1 aromatic rings. The lowest BCUT2D eigenvalue weighted by Crippen LogP contribution is -2.61. The maximum Gasteiger partial charge on any atom is 0.308 e. The number of ether oxygens (including phenoxy) is 2. The molecule has 284 valence electrons. The number of aliphatic hydroxyl groups excluding tert-OH is 3. The number of nitrogens with one attached hydrogen (secondary N) is 3. The highest BCUT2D eigenvalue weighted by atomic mass is 35.5. The molecule has 6 unspecified atom stereocenters. The molecule has 0 saturated carbocycles. The average Bonchev–Trinajstić information content (AvgIpc) is 3.01. The molecule has 6 atom stereocenters. The SMILES string of the molecule is C.CCC(C)C(=O)OC.CCC1OC(O)C(NC)C(O)C1O.CCCC.CNCCS(C)(=O)=O.CNc1ccc(S(C)(=O)=O)cc1.Cl. The first-order valence-corrected chi connectivity index (χ1v) is 19.0. The van der Waals surface area contributed by atoms with Crippen LogP contribution in [0.1, 0.15) is 67.7 Å². The molecule has 0 spiro atoms. The first kappa shape index (κ1) is 54.9. The number of aliphatic hydroxyl groups is 3. The van der Waals surface area contributed by atoms with Crippen LogP contribution in [0.4, 0.5) is 5.69 Å². The van der Waals surface area contributed by atoms with Gasteiger partial charge in [0.15, 0.2) is 16.1 Å². The Balaban J connectivity index is -0.000000162. The van der Waals surface area contributed by atoms with E-state index in [2.05, 4.69) is 34.5 Å². The van der Waals surface area contributed by atoms with Gasteiger partial charge in [-0.05, 0) is 51.2 Å². The number of hydrogen-bond acceptors (Lipinski definition) is 13. The van der Waals surface area contributed by atoms with Crippen molar-refractivity contribution in [3.05, 3.63) is 24.3 Å². The number of benzene rings is 1. The van der Waals surface area contributed by atoms with Crippen LogP contribution in [-0.2, 0) is 33.9 Å². The Kier molecular flexibility index (Phi) is 35.6. The number of anilines is 1. The molecule has 1 fully saturated rings. The molecule has 0 amide bonds. The Bertz CT molecular complexity index is 1090. The van der Waals surface area contributed by atoms with Crippen molar-refractivity contribution in [2.24, 2.45) is 5.92 Å². The molecule has 0 radical (unpaired) electrons. The minimum atomic E-state index is -3.06. The molecule has 1 aliphatic rings. The van der Waals surface area contributed by atoms with Gasteiger partial charge in [0, 0.05) is 31.8 Å². The van der Waals surface area contributed by atoms with Crippen molar-refractivity contribution < 1.29 is 46.4 Å². The van der Waals surface area contributed by atoms with Gasteiger partial charge in [0.25, 0.3) is 0 Å². The molecule has 1 heterocycles. The van der Waals surface area contributed by atoms with Crippen LogP contribution in [0.15, 0.2) is 29.2 Å². The lowest BCUT2D eigenvalue weighted by molar-refractivity contribution is -0.247. The number of rotatable bonds is 10. The van der Waals surface area contributed by atoms with Crippen molar-refractivity contribution in [3.63, 3.8) is 0 Å². The van der Waals surface area contributed by atoms with Gasteiger partial charge in [-0.25, -0.2) is 16.8 Å². The van der Waals surface area contributed by atoms with E-state index in [1.807, 2.05) is 20.8 Å². The third-order valence-electron chi connectivity index (χ3n) is 6.47. The number of esters is 1. The van der Waals surface area contributed by atoms with Crippen LogP contribution in [0.5, 0.6) is 0 Å². The van der Waals surface area contributed by atoms with Gasteiger partial charge < -0.3 is 40.7 Å². The second kappa shape index (κ2) is 30.5. The Hall–Kier alpha value is -1.56. The number of hydrogen-bond donors (Lipinski definition) is 6. The van der Waals surface area contributed by atoms with Gasteiger partial charge in [-0.1, -0.05) is 54.9 Å². The molecule has 6 N–H and O–H groups in total. The number of carbonyl (C=O) groups excluding carboxylic acids is 1. The summed E-state index contributed by atoms with van der Waals surface area (Å²) in [6.45, 7) is 10.5. The fourth-order valence-electron chi connectivity index (χ4n) is 3.12. The lowest BCUT2D eigenvalue weighted by Gasteiger charge is -2.40. The lowest BCUT2D eigenvalue weighted by atomic mass is 9.96. The smallest absolute Gasteiger partial charge is 0.308 e. The summed E-state index contributed by atoms with van der Waals surface area (Å²) in [6, 6.07) is 6.01. The number of carbonyl (C=O) groups is 1. The predicted molar refractivity (Wildman–Crippen MR) is 195 cm³/mol. The number of methoxy groups -OCH3 is 1. The van der Waals surface area contributed by atoms with Crippen molar-refractivity contribution in [2.75, 3.05) is 58.4 Å².